The highest BCUT2D eigenvalue weighted by Crippen LogP contribution is 2.52. The molecule has 7 atom stereocenters. The largest absolute Gasteiger partial charge is 0.450 e. The number of hydrogen-bond donors (Lipinski definition) is 6. The Morgan fingerprint density at radius 1 is 1.38 bits per heavy atom. The number of dihydropyridines is 1. The SMILES string of the molecule is CC1CC2CC(CC(C)(O)C2)C1CC1=C([B]O)C=NC2NC=CC12.NNCCO. The number of aliphatic hydroxyl groups is 2. The van der Waals surface area contributed by atoms with E-state index in [0.717, 1.165) is 24.7 Å². The third-order valence-corrected chi connectivity index (χ3v) is 7.02. The van der Waals surface area contributed by atoms with Crippen LogP contribution in [0.5, 0.6) is 0 Å². The van der Waals surface area contributed by atoms with Crippen LogP contribution in [-0.2, 0) is 0 Å². The van der Waals surface area contributed by atoms with Gasteiger partial charge >= 0.3 is 7.48 Å². The van der Waals surface area contributed by atoms with Crippen molar-refractivity contribution in [2.45, 2.75) is 57.7 Å². The molecule has 0 spiro atoms. The second kappa shape index (κ2) is 9.75. The van der Waals surface area contributed by atoms with Gasteiger partial charge in [-0.15, -0.1) is 0 Å². The minimum atomic E-state index is -0.502. The van der Waals surface area contributed by atoms with Gasteiger partial charge in [0.2, 0.25) is 0 Å². The highest BCUT2D eigenvalue weighted by molar-refractivity contribution is 6.45. The zero-order chi connectivity index (χ0) is 21.0. The van der Waals surface area contributed by atoms with E-state index in [-0.39, 0.29) is 18.7 Å². The van der Waals surface area contributed by atoms with Gasteiger partial charge in [-0.25, -0.2) is 0 Å². The standard InChI is InChI=1S/C19H28BN2O2.C2H8N2O/c1-11-5-12-6-13(9-19(2,23)8-12)15(11)7-16-14-3-4-21-18(14)22-10-17(16)20-24;3-4-1-2-5/h3-4,10-15,18,21,23-24H,5-9H2,1-2H3;4-5H,1-3H2. The van der Waals surface area contributed by atoms with Crippen molar-refractivity contribution in [1.29, 1.82) is 0 Å². The second-order valence-corrected chi connectivity index (χ2v) is 9.41. The molecule has 7 N–H and O–H groups in total. The third-order valence-electron chi connectivity index (χ3n) is 7.02. The first-order chi connectivity index (χ1) is 13.9. The number of rotatable bonds is 5. The quantitative estimate of drug-likeness (QED) is 0.228. The zero-order valence-corrected chi connectivity index (χ0v) is 17.6. The fraction of sp³-hybridized carbons (Fsp3) is 0.762. The Labute approximate surface area is 174 Å². The number of nitrogens with zero attached hydrogens (tertiary/aromatic N) is 1. The molecule has 2 saturated carbocycles. The number of hydrazine groups is 1. The Kier molecular flexibility index (Phi) is 7.56. The van der Waals surface area contributed by atoms with E-state index in [1.807, 2.05) is 19.3 Å². The summed E-state index contributed by atoms with van der Waals surface area (Å²) >= 11 is 0. The number of fused-ring (bicyclic) bond motifs is 3. The molecular formula is C21H36BN4O3. The summed E-state index contributed by atoms with van der Waals surface area (Å²) in [6, 6.07) is 0. The van der Waals surface area contributed by atoms with Crippen LogP contribution in [0, 0.1) is 29.6 Å². The van der Waals surface area contributed by atoms with Gasteiger partial charge < -0.3 is 20.6 Å². The van der Waals surface area contributed by atoms with E-state index in [4.69, 9.17) is 10.9 Å². The van der Waals surface area contributed by atoms with E-state index in [1.54, 1.807) is 0 Å². The molecule has 2 fully saturated rings. The topological polar surface area (TPSA) is 123 Å². The molecule has 2 heterocycles. The van der Waals surface area contributed by atoms with Crippen LogP contribution >= 0.6 is 0 Å². The number of nitrogens with two attached hydrogens (primary N) is 1. The molecule has 8 heteroatoms. The van der Waals surface area contributed by atoms with Crippen molar-refractivity contribution in [3.63, 3.8) is 0 Å². The summed E-state index contributed by atoms with van der Waals surface area (Å²) in [6.45, 7) is 4.97. The average molecular weight is 403 g/mol. The van der Waals surface area contributed by atoms with Gasteiger partial charge in [0.05, 0.1) is 12.2 Å². The monoisotopic (exact) mass is 403 g/mol. The van der Waals surface area contributed by atoms with E-state index in [9.17, 15) is 10.1 Å². The van der Waals surface area contributed by atoms with Crippen LogP contribution in [0.3, 0.4) is 0 Å². The van der Waals surface area contributed by atoms with Gasteiger partial charge in [0.25, 0.3) is 0 Å². The predicted octanol–water partition coefficient (Wildman–Crippen LogP) is 0.651. The van der Waals surface area contributed by atoms with E-state index in [1.165, 1.54) is 25.9 Å². The maximum atomic E-state index is 10.6. The molecule has 0 aromatic rings. The van der Waals surface area contributed by atoms with Crippen LogP contribution in [-0.4, -0.2) is 53.9 Å². The Morgan fingerprint density at radius 2 is 2.17 bits per heavy atom. The van der Waals surface area contributed by atoms with Crippen LogP contribution in [0.2, 0.25) is 0 Å². The van der Waals surface area contributed by atoms with Crippen molar-refractivity contribution in [1.82, 2.24) is 10.7 Å². The van der Waals surface area contributed by atoms with Crippen LogP contribution in [0.15, 0.2) is 28.3 Å². The average Bonchev–Trinajstić information content (AvgIpc) is 3.13. The van der Waals surface area contributed by atoms with Gasteiger partial charge in [0, 0.05) is 18.7 Å². The summed E-state index contributed by atoms with van der Waals surface area (Å²) in [5.74, 6) is 7.50. The highest BCUT2D eigenvalue weighted by atomic mass is 16.3. The molecule has 7 nitrogen and oxygen atoms in total. The predicted molar refractivity (Wildman–Crippen MR) is 116 cm³/mol. The molecule has 0 saturated heterocycles. The van der Waals surface area contributed by atoms with Crippen molar-refractivity contribution in [3.8, 4) is 0 Å². The Morgan fingerprint density at radius 3 is 2.83 bits per heavy atom. The number of aliphatic imine (C=N–C) groups is 1. The van der Waals surface area contributed by atoms with Crippen molar-refractivity contribution in [2.75, 3.05) is 13.2 Å². The molecule has 161 valence electrons. The molecule has 2 bridgehead atoms. The lowest BCUT2D eigenvalue weighted by Gasteiger charge is -2.50. The molecule has 4 aliphatic rings. The van der Waals surface area contributed by atoms with Crippen molar-refractivity contribution < 1.29 is 15.2 Å². The molecule has 7 unspecified atom stereocenters. The number of allylic oxidation sites excluding steroid dienone is 1. The summed E-state index contributed by atoms with van der Waals surface area (Å²) in [5, 5.41) is 31.5. The molecule has 2 aliphatic carbocycles. The first kappa shape index (κ1) is 22.5. The number of hydrogen-bond acceptors (Lipinski definition) is 7. The Balaban J connectivity index is 0.000000431. The summed E-state index contributed by atoms with van der Waals surface area (Å²) < 4.78 is 0. The summed E-state index contributed by atoms with van der Waals surface area (Å²) in [4.78, 5) is 4.50. The minimum Gasteiger partial charge on any atom is -0.450 e. The van der Waals surface area contributed by atoms with E-state index >= 15 is 0 Å². The Bertz CT molecular complexity index is 648. The van der Waals surface area contributed by atoms with Gasteiger partial charge in [-0.3, -0.25) is 16.3 Å². The van der Waals surface area contributed by atoms with E-state index < -0.39 is 5.60 Å². The molecular weight excluding hydrogens is 367 g/mol. The van der Waals surface area contributed by atoms with Gasteiger partial charge in [-0.05, 0) is 74.4 Å². The molecule has 29 heavy (non-hydrogen) atoms. The third kappa shape index (κ3) is 5.30. The number of nitrogens with one attached hydrogen (secondary N) is 2. The maximum Gasteiger partial charge on any atom is 0.328 e. The number of aliphatic hydroxyl groups excluding tert-OH is 1. The lowest BCUT2D eigenvalue weighted by atomic mass is 9.57. The lowest BCUT2D eigenvalue weighted by Crippen LogP contribution is -2.45. The summed E-state index contributed by atoms with van der Waals surface area (Å²) in [5.41, 5.74) is 3.95. The van der Waals surface area contributed by atoms with Gasteiger partial charge in [0.15, 0.2) is 0 Å². The minimum absolute atomic E-state index is 0.0878. The smallest absolute Gasteiger partial charge is 0.328 e. The Hall–Kier alpha value is -1.19. The maximum absolute atomic E-state index is 10.6. The van der Waals surface area contributed by atoms with Gasteiger partial charge in [0.1, 0.15) is 6.17 Å². The first-order valence-corrected chi connectivity index (χ1v) is 10.8. The molecule has 2 aliphatic heterocycles. The normalized spacial score (nSPS) is 40.1. The fourth-order valence-electron chi connectivity index (χ4n) is 5.94. The first-order valence-electron chi connectivity index (χ1n) is 10.8. The zero-order valence-electron chi connectivity index (χ0n) is 17.6. The fourth-order valence-corrected chi connectivity index (χ4v) is 5.94. The van der Waals surface area contributed by atoms with Crippen molar-refractivity contribution in [2.24, 2.45) is 40.4 Å². The van der Waals surface area contributed by atoms with Crippen LogP contribution in [0.4, 0.5) is 0 Å². The van der Waals surface area contributed by atoms with Crippen molar-refractivity contribution in [3.05, 3.63) is 23.3 Å². The van der Waals surface area contributed by atoms with E-state index in [0.29, 0.717) is 30.2 Å². The molecule has 0 amide bonds. The van der Waals surface area contributed by atoms with Gasteiger partial charge in [-0.2, -0.15) is 0 Å². The van der Waals surface area contributed by atoms with E-state index in [2.05, 4.69) is 28.7 Å². The van der Waals surface area contributed by atoms with Crippen LogP contribution in [0.1, 0.15) is 46.0 Å². The molecule has 0 aromatic heterocycles. The lowest BCUT2D eigenvalue weighted by molar-refractivity contribution is -0.0684. The molecule has 4 rings (SSSR count). The molecule has 1 radical (unpaired) electrons. The van der Waals surface area contributed by atoms with Crippen LogP contribution < -0.4 is 16.6 Å². The summed E-state index contributed by atoms with van der Waals surface area (Å²) in [7, 11) is 1.22. The van der Waals surface area contributed by atoms with Gasteiger partial charge in [-0.1, -0.05) is 18.6 Å². The van der Waals surface area contributed by atoms with Crippen LogP contribution in [0.25, 0.3) is 0 Å². The molecule has 0 aromatic carbocycles. The highest BCUT2D eigenvalue weighted by Gasteiger charge is 2.45. The van der Waals surface area contributed by atoms with Crippen molar-refractivity contribution >= 4 is 13.7 Å². The second-order valence-electron chi connectivity index (χ2n) is 9.41. The summed E-state index contributed by atoms with van der Waals surface area (Å²) in [6.07, 6.45) is 11.4.